The summed E-state index contributed by atoms with van der Waals surface area (Å²) in [4.78, 5) is 28.0. The topological polar surface area (TPSA) is 76.1 Å². The van der Waals surface area contributed by atoms with E-state index in [2.05, 4.69) is 0 Å². The van der Waals surface area contributed by atoms with Crippen molar-refractivity contribution in [3.8, 4) is 5.75 Å². The van der Waals surface area contributed by atoms with Crippen LogP contribution >= 0.6 is 0 Å². The molecule has 1 unspecified atom stereocenters. The predicted molar refractivity (Wildman–Crippen MR) is 138 cm³/mol. The lowest BCUT2D eigenvalue weighted by atomic mass is 9.91. The van der Waals surface area contributed by atoms with Crippen molar-refractivity contribution in [1.29, 1.82) is 0 Å². The molecule has 188 valence electrons. The number of hydrogen-bond acceptors (Lipinski definition) is 5. The van der Waals surface area contributed by atoms with Crippen LogP contribution in [0.25, 0.3) is 5.76 Å². The molecule has 3 rings (SSSR count). The number of aryl methyl sites for hydroxylation is 1. The highest BCUT2D eigenvalue weighted by molar-refractivity contribution is 6.46. The molecule has 0 aromatic heterocycles. The minimum atomic E-state index is -0.666. The predicted octanol–water partition coefficient (Wildman–Crippen LogP) is 5.75. The summed E-state index contributed by atoms with van der Waals surface area (Å²) in [5.41, 5.74) is 3.32. The zero-order valence-electron chi connectivity index (χ0n) is 21.6. The first kappa shape index (κ1) is 26.5. The summed E-state index contributed by atoms with van der Waals surface area (Å²) in [6, 6.07) is 12.4. The van der Waals surface area contributed by atoms with Crippen molar-refractivity contribution in [3.63, 3.8) is 0 Å². The minimum absolute atomic E-state index is 0.0902. The standard InChI is InChI=1S/C29H37NO5/c1-7-34-24-14-13-21(17-23(24)18(2)3)27(31)25-26(22-12-9-8-11-20(22)6)30(29(33)28(25)32)15-10-16-35-19(4)5/h8-9,11-14,17-19,26,31H,7,10,15-16H2,1-6H3/b27-25+. The van der Waals surface area contributed by atoms with Crippen molar-refractivity contribution in [2.75, 3.05) is 19.8 Å². The van der Waals surface area contributed by atoms with E-state index >= 15 is 0 Å². The summed E-state index contributed by atoms with van der Waals surface area (Å²) in [5, 5.41) is 11.4. The van der Waals surface area contributed by atoms with Gasteiger partial charge in [0, 0.05) is 18.7 Å². The Morgan fingerprint density at radius 2 is 1.80 bits per heavy atom. The number of amides is 1. The highest BCUT2D eigenvalue weighted by Crippen LogP contribution is 2.41. The molecule has 1 fully saturated rings. The zero-order chi connectivity index (χ0) is 25.7. The molecule has 0 spiro atoms. The average molecular weight is 480 g/mol. The van der Waals surface area contributed by atoms with Crippen LogP contribution < -0.4 is 4.74 Å². The fourth-order valence-corrected chi connectivity index (χ4v) is 4.47. The summed E-state index contributed by atoms with van der Waals surface area (Å²) >= 11 is 0. The van der Waals surface area contributed by atoms with E-state index in [1.54, 1.807) is 11.0 Å². The van der Waals surface area contributed by atoms with Gasteiger partial charge in [0.1, 0.15) is 11.5 Å². The van der Waals surface area contributed by atoms with Crippen LogP contribution in [0, 0.1) is 6.92 Å². The Kier molecular flexibility index (Phi) is 8.73. The highest BCUT2D eigenvalue weighted by atomic mass is 16.5. The number of ether oxygens (including phenoxy) is 2. The molecule has 1 saturated heterocycles. The number of aliphatic hydroxyl groups is 1. The van der Waals surface area contributed by atoms with E-state index in [-0.39, 0.29) is 23.4 Å². The molecule has 6 nitrogen and oxygen atoms in total. The summed E-state index contributed by atoms with van der Waals surface area (Å²) in [5.74, 6) is -0.526. The molecule has 1 amide bonds. The first-order valence-electron chi connectivity index (χ1n) is 12.4. The second-order valence-corrected chi connectivity index (χ2v) is 9.46. The quantitative estimate of drug-likeness (QED) is 0.203. The van der Waals surface area contributed by atoms with E-state index in [4.69, 9.17) is 9.47 Å². The number of carbonyl (C=O) groups is 2. The highest BCUT2D eigenvalue weighted by Gasteiger charge is 2.46. The molecule has 2 aromatic carbocycles. The molecule has 0 radical (unpaired) electrons. The van der Waals surface area contributed by atoms with Gasteiger partial charge in [-0.15, -0.1) is 0 Å². The van der Waals surface area contributed by atoms with Crippen molar-refractivity contribution in [1.82, 2.24) is 4.90 Å². The Hall–Kier alpha value is -3.12. The van der Waals surface area contributed by atoms with Crippen molar-refractivity contribution in [3.05, 3.63) is 70.3 Å². The van der Waals surface area contributed by atoms with E-state index in [0.717, 1.165) is 22.4 Å². The second kappa shape index (κ2) is 11.5. The number of hydrogen-bond donors (Lipinski definition) is 1. The maximum atomic E-state index is 13.3. The van der Waals surface area contributed by atoms with Gasteiger partial charge in [-0.3, -0.25) is 9.59 Å². The van der Waals surface area contributed by atoms with E-state index in [0.29, 0.717) is 31.7 Å². The lowest BCUT2D eigenvalue weighted by molar-refractivity contribution is -0.140. The van der Waals surface area contributed by atoms with Crippen molar-refractivity contribution in [2.24, 2.45) is 0 Å². The van der Waals surface area contributed by atoms with Gasteiger partial charge < -0.3 is 19.5 Å². The van der Waals surface area contributed by atoms with E-state index in [1.165, 1.54) is 0 Å². The maximum absolute atomic E-state index is 13.3. The molecule has 2 aromatic rings. The molecule has 0 aliphatic carbocycles. The third-order valence-corrected chi connectivity index (χ3v) is 6.22. The number of Topliss-reactive ketones (excluding diaryl/α,β-unsaturated/α-hetero) is 1. The molecule has 1 atom stereocenters. The smallest absolute Gasteiger partial charge is 0.295 e. The largest absolute Gasteiger partial charge is 0.507 e. The molecule has 1 heterocycles. The van der Waals surface area contributed by atoms with Crippen LogP contribution in [0.2, 0.25) is 0 Å². The third-order valence-electron chi connectivity index (χ3n) is 6.22. The Bertz CT molecular complexity index is 1100. The molecule has 6 heteroatoms. The molecule has 0 saturated carbocycles. The number of likely N-dealkylation sites (tertiary alicyclic amines) is 1. The van der Waals surface area contributed by atoms with Crippen molar-refractivity contribution >= 4 is 17.4 Å². The van der Waals surface area contributed by atoms with Crippen LogP contribution in [0.5, 0.6) is 5.75 Å². The fraction of sp³-hybridized carbons (Fsp3) is 0.448. The normalized spacial score (nSPS) is 17.6. The first-order chi connectivity index (χ1) is 16.7. The number of carbonyl (C=O) groups excluding carboxylic acids is 2. The van der Waals surface area contributed by atoms with E-state index < -0.39 is 17.7 Å². The molecular weight excluding hydrogens is 442 g/mol. The summed E-state index contributed by atoms with van der Waals surface area (Å²) in [7, 11) is 0. The van der Waals surface area contributed by atoms with Gasteiger partial charge >= 0.3 is 0 Å². The molecule has 1 aliphatic rings. The summed E-state index contributed by atoms with van der Waals surface area (Å²) in [6.07, 6.45) is 0.682. The van der Waals surface area contributed by atoms with Gasteiger partial charge in [0.25, 0.3) is 11.7 Å². The van der Waals surface area contributed by atoms with E-state index in [9.17, 15) is 14.7 Å². The lowest BCUT2D eigenvalue weighted by Gasteiger charge is -2.26. The molecule has 1 N–H and O–H groups in total. The van der Waals surface area contributed by atoms with Crippen LogP contribution in [0.3, 0.4) is 0 Å². The molecular formula is C29H37NO5. The van der Waals surface area contributed by atoms with Crippen LogP contribution in [0.1, 0.15) is 75.3 Å². The third kappa shape index (κ3) is 5.76. The molecule has 0 bridgehead atoms. The van der Waals surface area contributed by atoms with Gasteiger partial charge in [-0.1, -0.05) is 38.1 Å². The van der Waals surface area contributed by atoms with E-state index in [1.807, 2.05) is 77.9 Å². The van der Waals surface area contributed by atoms with Gasteiger partial charge in [0.05, 0.1) is 24.3 Å². The van der Waals surface area contributed by atoms with Crippen LogP contribution in [0.15, 0.2) is 48.0 Å². The van der Waals surface area contributed by atoms with Gasteiger partial charge in [-0.2, -0.15) is 0 Å². The molecule has 1 aliphatic heterocycles. The Morgan fingerprint density at radius 1 is 1.09 bits per heavy atom. The van der Waals surface area contributed by atoms with Gasteiger partial charge in [0.15, 0.2) is 0 Å². The molecule has 35 heavy (non-hydrogen) atoms. The Balaban J connectivity index is 2.10. The van der Waals surface area contributed by atoms with Crippen LogP contribution in [-0.4, -0.2) is 47.6 Å². The van der Waals surface area contributed by atoms with Crippen LogP contribution in [-0.2, 0) is 14.3 Å². The number of rotatable bonds is 10. The van der Waals surface area contributed by atoms with Gasteiger partial charge in [0.2, 0.25) is 0 Å². The summed E-state index contributed by atoms with van der Waals surface area (Å²) in [6.45, 7) is 13.3. The van der Waals surface area contributed by atoms with Crippen molar-refractivity contribution in [2.45, 2.75) is 66.0 Å². The lowest BCUT2D eigenvalue weighted by Crippen LogP contribution is -2.31. The minimum Gasteiger partial charge on any atom is -0.507 e. The average Bonchev–Trinajstić information content (AvgIpc) is 3.06. The number of benzene rings is 2. The van der Waals surface area contributed by atoms with Crippen LogP contribution in [0.4, 0.5) is 0 Å². The fourth-order valence-electron chi connectivity index (χ4n) is 4.47. The SMILES string of the molecule is CCOc1ccc(/C(O)=C2\C(=O)C(=O)N(CCCOC(C)C)C2c2ccccc2C)cc1C(C)C. The summed E-state index contributed by atoms with van der Waals surface area (Å²) < 4.78 is 11.4. The number of nitrogens with zero attached hydrogens (tertiary/aromatic N) is 1. The van der Waals surface area contributed by atoms with Gasteiger partial charge in [-0.25, -0.2) is 0 Å². The second-order valence-electron chi connectivity index (χ2n) is 9.46. The maximum Gasteiger partial charge on any atom is 0.295 e. The number of ketones is 1. The Labute approximate surface area is 208 Å². The monoisotopic (exact) mass is 479 g/mol. The number of aliphatic hydroxyl groups excluding tert-OH is 1. The zero-order valence-corrected chi connectivity index (χ0v) is 21.6. The Morgan fingerprint density at radius 3 is 2.43 bits per heavy atom. The van der Waals surface area contributed by atoms with Crippen molar-refractivity contribution < 1.29 is 24.2 Å². The first-order valence-corrected chi connectivity index (χ1v) is 12.4. The van der Waals surface area contributed by atoms with Gasteiger partial charge in [-0.05, 0) is 74.9 Å².